The van der Waals surface area contributed by atoms with Gasteiger partial charge in [0.05, 0.1) is 60.8 Å². The molecule has 0 saturated carbocycles. The quantitative estimate of drug-likeness (QED) is 0.153. The summed E-state index contributed by atoms with van der Waals surface area (Å²) < 4.78 is 16.0. The molecule has 2 aromatic carbocycles. The van der Waals surface area contributed by atoms with Crippen LogP contribution in [0.2, 0.25) is 10.0 Å². The van der Waals surface area contributed by atoms with Gasteiger partial charge in [0.2, 0.25) is 11.8 Å². The molecule has 2 amide bonds. The molecule has 4 aromatic rings. The van der Waals surface area contributed by atoms with Crippen LogP contribution in [0.15, 0.2) is 60.8 Å². The number of piperidine rings is 1. The third kappa shape index (κ3) is 7.80. The van der Waals surface area contributed by atoms with Gasteiger partial charge in [-0.2, -0.15) is 0 Å². The van der Waals surface area contributed by atoms with E-state index in [-0.39, 0.29) is 24.4 Å². The molecule has 0 spiro atoms. The number of ether oxygens (including phenoxy) is 3. The normalized spacial score (nSPS) is 13.2. The Morgan fingerprint density at radius 3 is 2.39 bits per heavy atom. The number of pyridine rings is 2. The number of rotatable bonds is 12. The topological polar surface area (TPSA) is 131 Å². The highest BCUT2D eigenvalue weighted by molar-refractivity contribution is 6.39. The van der Waals surface area contributed by atoms with Crippen molar-refractivity contribution in [1.82, 2.24) is 19.8 Å². The zero-order chi connectivity index (χ0) is 35.1. The predicted octanol–water partition coefficient (Wildman–Crippen LogP) is 7.12. The van der Waals surface area contributed by atoms with Crippen molar-refractivity contribution in [3.63, 3.8) is 0 Å². The lowest BCUT2D eigenvalue weighted by Crippen LogP contribution is -2.48. The first-order valence-electron chi connectivity index (χ1n) is 15.6. The third-order valence-corrected chi connectivity index (χ3v) is 9.37. The molecule has 1 aliphatic rings. The van der Waals surface area contributed by atoms with E-state index in [1.807, 2.05) is 18.2 Å². The smallest absolute Gasteiger partial charge is 0.407 e. The molecule has 0 aliphatic carbocycles. The number of carboxylic acid groups (broad SMARTS) is 1. The minimum absolute atomic E-state index is 0.00375. The van der Waals surface area contributed by atoms with Gasteiger partial charge in [0, 0.05) is 60.3 Å². The number of likely N-dealkylation sites (tertiary alicyclic amines) is 1. The van der Waals surface area contributed by atoms with Crippen LogP contribution in [-0.4, -0.2) is 90.2 Å². The van der Waals surface area contributed by atoms with E-state index in [0.29, 0.717) is 99.5 Å². The van der Waals surface area contributed by atoms with Gasteiger partial charge in [-0.3, -0.25) is 14.6 Å². The second-order valence-electron chi connectivity index (χ2n) is 11.4. The first-order valence-corrected chi connectivity index (χ1v) is 16.3. The number of aldehydes is 1. The second kappa shape index (κ2) is 16.1. The highest BCUT2D eigenvalue weighted by atomic mass is 35.5. The first-order chi connectivity index (χ1) is 23.7. The molecule has 0 bridgehead atoms. The average molecular weight is 708 g/mol. The van der Waals surface area contributed by atoms with Gasteiger partial charge in [-0.05, 0) is 43.2 Å². The lowest BCUT2D eigenvalue weighted by molar-refractivity contribution is -0.133. The fourth-order valence-corrected chi connectivity index (χ4v) is 6.62. The molecule has 1 N–H and O–H groups in total. The molecule has 2 aromatic heterocycles. The molecule has 11 nitrogen and oxygen atoms in total. The Kier molecular flexibility index (Phi) is 11.7. The van der Waals surface area contributed by atoms with Crippen LogP contribution >= 0.6 is 23.2 Å². The standard InChI is InChI=1S/C36H36Cl2N4O7/c1-47-18-14-31(44)41-16-12-25(13-17-41)42(36(45)46)20-23-9-10-29(40-35(23)49-3)28-6-4-5-26(32(28)37)27-11-15-39-34(33(27)38)22-7-8-24(21-43)30(19-22)48-2/h4-11,15,19,21,25H,12-14,16-18,20H2,1-3H3,(H,45,46). The lowest BCUT2D eigenvalue weighted by Gasteiger charge is -2.37. The van der Waals surface area contributed by atoms with Crippen molar-refractivity contribution in [2.75, 3.05) is 41.0 Å². The van der Waals surface area contributed by atoms with Gasteiger partial charge in [0.1, 0.15) is 5.75 Å². The lowest BCUT2D eigenvalue weighted by atomic mass is 9.99. The molecule has 256 valence electrons. The van der Waals surface area contributed by atoms with Crippen LogP contribution < -0.4 is 9.47 Å². The molecule has 1 fully saturated rings. The van der Waals surface area contributed by atoms with Crippen LogP contribution in [0, 0.1) is 0 Å². The zero-order valence-electron chi connectivity index (χ0n) is 27.3. The Bertz CT molecular complexity index is 1850. The van der Waals surface area contributed by atoms with Gasteiger partial charge in [0.25, 0.3) is 0 Å². The van der Waals surface area contributed by atoms with E-state index in [0.717, 1.165) is 6.29 Å². The molecule has 49 heavy (non-hydrogen) atoms. The Labute approximate surface area is 294 Å². The summed E-state index contributed by atoms with van der Waals surface area (Å²) in [5, 5.41) is 10.9. The molecule has 1 aliphatic heterocycles. The SMILES string of the molecule is COCCC(=O)N1CCC(N(Cc2ccc(-c3cccc(-c4ccnc(-c5ccc(C=O)c(OC)c5)c4Cl)c3Cl)nc2OC)C(=O)O)CC1. The molecular formula is C36H36Cl2N4O7. The number of methoxy groups -OCH3 is 3. The Balaban J connectivity index is 1.40. The van der Waals surface area contributed by atoms with Crippen molar-refractivity contribution in [2.24, 2.45) is 0 Å². The van der Waals surface area contributed by atoms with Crippen LogP contribution in [0.4, 0.5) is 4.79 Å². The van der Waals surface area contributed by atoms with Crippen molar-refractivity contribution in [2.45, 2.75) is 31.8 Å². The van der Waals surface area contributed by atoms with Gasteiger partial charge in [0.15, 0.2) is 6.29 Å². The van der Waals surface area contributed by atoms with Gasteiger partial charge < -0.3 is 29.1 Å². The van der Waals surface area contributed by atoms with Crippen LogP contribution in [-0.2, 0) is 16.1 Å². The van der Waals surface area contributed by atoms with E-state index in [4.69, 9.17) is 42.4 Å². The maximum Gasteiger partial charge on any atom is 0.407 e. The van der Waals surface area contributed by atoms with Crippen molar-refractivity contribution in [1.29, 1.82) is 0 Å². The summed E-state index contributed by atoms with van der Waals surface area (Å²) in [6.07, 6.45) is 2.65. The molecule has 1 saturated heterocycles. The van der Waals surface area contributed by atoms with Crippen LogP contribution in [0.3, 0.4) is 0 Å². The van der Waals surface area contributed by atoms with Crippen molar-refractivity contribution >= 4 is 41.5 Å². The van der Waals surface area contributed by atoms with E-state index in [1.54, 1.807) is 54.6 Å². The minimum Gasteiger partial charge on any atom is -0.496 e. The highest BCUT2D eigenvalue weighted by Crippen LogP contribution is 2.42. The Morgan fingerprint density at radius 1 is 0.980 bits per heavy atom. The van der Waals surface area contributed by atoms with E-state index in [2.05, 4.69) is 4.98 Å². The second-order valence-corrected chi connectivity index (χ2v) is 12.1. The predicted molar refractivity (Wildman–Crippen MR) is 187 cm³/mol. The van der Waals surface area contributed by atoms with Crippen LogP contribution in [0.1, 0.15) is 35.2 Å². The number of amides is 2. The number of aromatic nitrogens is 2. The average Bonchev–Trinajstić information content (AvgIpc) is 3.13. The number of carbonyl (C=O) groups excluding carboxylic acids is 2. The summed E-state index contributed by atoms with van der Waals surface area (Å²) in [6, 6.07) is 15.7. The number of nitrogens with zero attached hydrogens (tertiary/aromatic N) is 4. The number of carbonyl (C=O) groups is 3. The summed E-state index contributed by atoms with van der Waals surface area (Å²) >= 11 is 13.9. The van der Waals surface area contributed by atoms with Crippen molar-refractivity contribution < 1.29 is 33.7 Å². The summed E-state index contributed by atoms with van der Waals surface area (Å²) in [5.41, 5.74) is 4.60. The first kappa shape index (κ1) is 35.6. The monoisotopic (exact) mass is 706 g/mol. The third-order valence-electron chi connectivity index (χ3n) is 8.58. The molecular weight excluding hydrogens is 671 g/mol. The molecule has 0 radical (unpaired) electrons. The minimum atomic E-state index is -1.06. The Morgan fingerprint density at radius 2 is 1.71 bits per heavy atom. The van der Waals surface area contributed by atoms with E-state index in [1.165, 1.54) is 19.1 Å². The van der Waals surface area contributed by atoms with Gasteiger partial charge >= 0.3 is 6.09 Å². The summed E-state index contributed by atoms with van der Waals surface area (Å²) in [6.45, 7) is 1.37. The van der Waals surface area contributed by atoms with Gasteiger partial charge in [-0.25, -0.2) is 9.78 Å². The summed E-state index contributed by atoms with van der Waals surface area (Å²) in [4.78, 5) is 48.5. The Hall–Kier alpha value is -4.71. The van der Waals surface area contributed by atoms with Gasteiger partial charge in [-0.15, -0.1) is 0 Å². The van der Waals surface area contributed by atoms with Crippen molar-refractivity contribution in [3.05, 3.63) is 82.0 Å². The zero-order valence-corrected chi connectivity index (χ0v) is 28.8. The van der Waals surface area contributed by atoms with Crippen LogP contribution in [0.25, 0.3) is 33.6 Å². The van der Waals surface area contributed by atoms with Crippen LogP contribution in [0.5, 0.6) is 11.6 Å². The number of benzene rings is 2. The number of hydrogen-bond acceptors (Lipinski definition) is 8. The number of halogens is 2. The van der Waals surface area contributed by atoms with E-state index in [9.17, 15) is 19.5 Å². The molecule has 0 unspecified atom stereocenters. The maximum atomic E-state index is 12.4. The summed E-state index contributed by atoms with van der Waals surface area (Å²) in [7, 11) is 4.52. The van der Waals surface area contributed by atoms with Gasteiger partial charge in [-0.1, -0.05) is 47.5 Å². The van der Waals surface area contributed by atoms with E-state index < -0.39 is 6.09 Å². The fourth-order valence-electron chi connectivity index (χ4n) is 5.97. The molecule has 0 atom stereocenters. The maximum absolute atomic E-state index is 12.4. The molecule has 13 heteroatoms. The largest absolute Gasteiger partial charge is 0.496 e. The summed E-state index contributed by atoms with van der Waals surface area (Å²) in [5.74, 6) is 0.680. The van der Waals surface area contributed by atoms with Crippen molar-refractivity contribution in [3.8, 4) is 45.3 Å². The van der Waals surface area contributed by atoms with E-state index >= 15 is 0 Å². The number of hydrogen-bond donors (Lipinski definition) is 1. The highest BCUT2D eigenvalue weighted by Gasteiger charge is 2.30. The fraction of sp³-hybridized carbons (Fsp3) is 0.306. The molecule has 5 rings (SSSR count). The molecule has 3 heterocycles.